The molecule has 3 aromatic rings. The molecule has 6 heteroatoms. The Morgan fingerprint density at radius 1 is 0.931 bits per heavy atom. The quantitative estimate of drug-likeness (QED) is 0.389. The number of anilines is 2. The Labute approximate surface area is 184 Å². The van der Waals surface area contributed by atoms with E-state index in [0.29, 0.717) is 24.7 Å². The SMILES string of the molecule is CCOc1cc(CNc2ccccc2)cc(I)c1OCC(=O)Nc1ccccc1. The molecule has 0 fully saturated rings. The maximum atomic E-state index is 12.2. The van der Waals surface area contributed by atoms with Gasteiger partial charge in [-0.25, -0.2) is 0 Å². The molecule has 0 aliphatic rings. The van der Waals surface area contributed by atoms with Crippen molar-refractivity contribution in [2.45, 2.75) is 13.5 Å². The van der Waals surface area contributed by atoms with Gasteiger partial charge in [-0.3, -0.25) is 4.79 Å². The third-order valence-electron chi connectivity index (χ3n) is 4.04. The molecule has 0 radical (unpaired) electrons. The number of nitrogens with one attached hydrogen (secondary N) is 2. The second-order valence-corrected chi connectivity index (χ2v) is 7.42. The van der Waals surface area contributed by atoms with Crippen molar-refractivity contribution in [1.82, 2.24) is 0 Å². The fourth-order valence-electron chi connectivity index (χ4n) is 2.74. The number of ether oxygens (including phenoxy) is 2. The van der Waals surface area contributed by atoms with E-state index in [4.69, 9.17) is 9.47 Å². The van der Waals surface area contributed by atoms with Gasteiger partial charge >= 0.3 is 0 Å². The van der Waals surface area contributed by atoms with Crippen molar-refractivity contribution in [3.05, 3.63) is 81.9 Å². The first-order valence-corrected chi connectivity index (χ1v) is 10.5. The summed E-state index contributed by atoms with van der Waals surface area (Å²) in [6.45, 7) is 3.01. The smallest absolute Gasteiger partial charge is 0.262 e. The Morgan fingerprint density at radius 3 is 2.24 bits per heavy atom. The number of para-hydroxylation sites is 2. The van der Waals surface area contributed by atoms with Gasteiger partial charge in [0.15, 0.2) is 18.1 Å². The lowest BCUT2D eigenvalue weighted by molar-refractivity contribution is -0.118. The van der Waals surface area contributed by atoms with Gasteiger partial charge in [0, 0.05) is 17.9 Å². The van der Waals surface area contributed by atoms with Crippen LogP contribution in [0, 0.1) is 3.57 Å². The van der Waals surface area contributed by atoms with E-state index in [1.54, 1.807) is 0 Å². The van der Waals surface area contributed by atoms with Gasteiger partial charge in [-0.2, -0.15) is 0 Å². The minimum Gasteiger partial charge on any atom is -0.490 e. The third kappa shape index (κ3) is 6.39. The van der Waals surface area contributed by atoms with Gasteiger partial charge in [-0.1, -0.05) is 36.4 Å². The van der Waals surface area contributed by atoms with Gasteiger partial charge in [0.2, 0.25) is 0 Å². The van der Waals surface area contributed by atoms with E-state index in [1.165, 1.54) is 0 Å². The number of hydrogen-bond acceptors (Lipinski definition) is 4. The van der Waals surface area contributed by atoms with Crippen LogP contribution in [0.1, 0.15) is 12.5 Å². The molecule has 3 aromatic carbocycles. The molecule has 0 aromatic heterocycles. The molecule has 0 spiro atoms. The minimum atomic E-state index is -0.218. The number of rotatable bonds is 9. The first-order chi connectivity index (χ1) is 14.2. The predicted octanol–water partition coefficient (Wildman–Crippen LogP) is 5.32. The summed E-state index contributed by atoms with van der Waals surface area (Å²) in [7, 11) is 0. The topological polar surface area (TPSA) is 59.6 Å². The fraction of sp³-hybridized carbons (Fsp3) is 0.174. The largest absolute Gasteiger partial charge is 0.490 e. The standard InChI is InChI=1S/C23H23IN2O3/c1-2-28-21-14-17(15-25-18-9-5-3-6-10-18)13-20(24)23(21)29-16-22(27)26-19-11-7-4-8-12-19/h3-14,25H,2,15-16H2,1H3,(H,26,27). The zero-order chi connectivity index (χ0) is 20.5. The van der Waals surface area contributed by atoms with Crippen LogP contribution in [0.5, 0.6) is 11.5 Å². The maximum absolute atomic E-state index is 12.2. The van der Waals surface area contributed by atoms with Gasteiger partial charge in [0.1, 0.15) is 0 Å². The van der Waals surface area contributed by atoms with Crippen molar-refractivity contribution < 1.29 is 14.3 Å². The molecular weight excluding hydrogens is 479 g/mol. The normalized spacial score (nSPS) is 10.3. The molecule has 150 valence electrons. The van der Waals surface area contributed by atoms with Crippen molar-refractivity contribution in [2.75, 3.05) is 23.8 Å². The van der Waals surface area contributed by atoms with Crippen LogP contribution < -0.4 is 20.1 Å². The molecule has 0 aliphatic heterocycles. The monoisotopic (exact) mass is 502 g/mol. The molecule has 0 aliphatic carbocycles. The predicted molar refractivity (Wildman–Crippen MR) is 125 cm³/mol. The molecule has 29 heavy (non-hydrogen) atoms. The summed E-state index contributed by atoms with van der Waals surface area (Å²) in [6.07, 6.45) is 0. The molecule has 1 amide bonds. The first-order valence-electron chi connectivity index (χ1n) is 9.37. The molecule has 5 nitrogen and oxygen atoms in total. The lowest BCUT2D eigenvalue weighted by Gasteiger charge is -2.16. The molecule has 0 saturated carbocycles. The highest BCUT2D eigenvalue weighted by Crippen LogP contribution is 2.34. The van der Waals surface area contributed by atoms with E-state index in [2.05, 4.69) is 33.2 Å². The van der Waals surface area contributed by atoms with Crippen molar-refractivity contribution in [1.29, 1.82) is 0 Å². The molecule has 3 rings (SSSR count). The molecule has 0 bridgehead atoms. The Balaban J connectivity index is 1.66. The van der Waals surface area contributed by atoms with E-state index in [0.717, 1.165) is 20.5 Å². The van der Waals surface area contributed by atoms with Crippen LogP contribution in [0.15, 0.2) is 72.8 Å². The number of hydrogen-bond donors (Lipinski definition) is 2. The average molecular weight is 502 g/mol. The zero-order valence-corrected chi connectivity index (χ0v) is 18.3. The minimum absolute atomic E-state index is 0.0907. The number of benzene rings is 3. The first kappa shape index (κ1) is 21.0. The van der Waals surface area contributed by atoms with Crippen molar-refractivity contribution in [3.63, 3.8) is 0 Å². The van der Waals surface area contributed by atoms with Gasteiger partial charge in [0.25, 0.3) is 5.91 Å². The molecule has 0 unspecified atom stereocenters. The fourth-order valence-corrected chi connectivity index (χ4v) is 3.56. The Kier molecular flexibility index (Phi) is 7.75. The van der Waals surface area contributed by atoms with Crippen LogP contribution in [0.25, 0.3) is 0 Å². The zero-order valence-electron chi connectivity index (χ0n) is 16.2. The van der Waals surface area contributed by atoms with Crippen LogP contribution in [-0.2, 0) is 11.3 Å². The number of amides is 1. The van der Waals surface area contributed by atoms with E-state index in [1.807, 2.05) is 79.7 Å². The van der Waals surface area contributed by atoms with Crippen LogP contribution in [-0.4, -0.2) is 19.1 Å². The second kappa shape index (κ2) is 10.7. The van der Waals surface area contributed by atoms with Gasteiger partial charge < -0.3 is 20.1 Å². The summed E-state index contributed by atoms with van der Waals surface area (Å²) in [6, 6.07) is 23.3. The van der Waals surface area contributed by atoms with Crippen molar-refractivity contribution >= 4 is 39.9 Å². The van der Waals surface area contributed by atoms with Gasteiger partial charge in [0.05, 0.1) is 10.2 Å². The maximum Gasteiger partial charge on any atom is 0.262 e. The summed E-state index contributed by atoms with van der Waals surface area (Å²) >= 11 is 2.21. The number of carbonyl (C=O) groups is 1. The number of carbonyl (C=O) groups excluding carboxylic acids is 1. The van der Waals surface area contributed by atoms with E-state index < -0.39 is 0 Å². The average Bonchev–Trinajstić information content (AvgIpc) is 2.73. The van der Waals surface area contributed by atoms with Gasteiger partial charge in [-0.15, -0.1) is 0 Å². The number of halogens is 1. The lowest BCUT2D eigenvalue weighted by Crippen LogP contribution is -2.20. The summed E-state index contributed by atoms with van der Waals surface area (Å²) < 4.78 is 12.5. The lowest BCUT2D eigenvalue weighted by atomic mass is 10.2. The van der Waals surface area contributed by atoms with E-state index >= 15 is 0 Å². The highest BCUT2D eigenvalue weighted by molar-refractivity contribution is 14.1. The van der Waals surface area contributed by atoms with Crippen molar-refractivity contribution in [3.8, 4) is 11.5 Å². The molecule has 0 saturated heterocycles. The van der Waals surface area contributed by atoms with Crippen LogP contribution in [0.3, 0.4) is 0 Å². The second-order valence-electron chi connectivity index (χ2n) is 6.26. The van der Waals surface area contributed by atoms with Crippen LogP contribution >= 0.6 is 22.6 Å². The summed E-state index contributed by atoms with van der Waals surface area (Å²) in [5, 5.41) is 6.21. The molecular formula is C23H23IN2O3. The van der Waals surface area contributed by atoms with Crippen LogP contribution in [0.4, 0.5) is 11.4 Å². The molecule has 0 heterocycles. The molecule has 2 N–H and O–H groups in total. The van der Waals surface area contributed by atoms with E-state index in [-0.39, 0.29) is 12.5 Å². The van der Waals surface area contributed by atoms with Crippen molar-refractivity contribution in [2.24, 2.45) is 0 Å². The molecule has 0 atom stereocenters. The highest BCUT2D eigenvalue weighted by atomic mass is 127. The highest BCUT2D eigenvalue weighted by Gasteiger charge is 2.14. The Bertz CT molecular complexity index is 934. The third-order valence-corrected chi connectivity index (χ3v) is 4.85. The Hall–Kier alpha value is -2.74. The summed E-state index contributed by atoms with van der Waals surface area (Å²) in [4.78, 5) is 12.2. The van der Waals surface area contributed by atoms with Gasteiger partial charge in [-0.05, 0) is 71.5 Å². The summed E-state index contributed by atoms with van der Waals surface area (Å²) in [5.74, 6) is 1.00. The summed E-state index contributed by atoms with van der Waals surface area (Å²) in [5.41, 5.74) is 2.87. The van der Waals surface area contributed by atoms with Crippen LogP contribution in [0.2, 0.25) is 0 Å². The van der Waals surface area contributed by atoms with E-state index in [9.17, 15) is 4.79 Å². The Morgan fingerprint density at radius 2 is 1.59 bits per heavy atom.